The number of methoxy groups -OCH3 is 2. The number of halogens is 2. The lowest BCUT2D eigenvalue weighted by Crippen LogP contribution is -2.18. The molecule has 0 unspecified atom stereocenters. The molecule has 6 nitrogen and oxygen atoms in total. The molecule has 0 saturated heterocycles. The lowest BCUT2D eigenvalue weighted by Gasteiger charge is -2.09. The van der Waals surface area contributed by atoms with E-state index < -0.39 is 0 Å². The molecule has 8 heteroatoms. The average Bonchev–Trinajstić information content (AvgIpc) is 3.15. The summed E-state index contributed by atoms with van der Waals surface area (Å²) in [6, 6.07) is 13.9. The Kier molecular flexibility index (Phi) is 5.53. The number of carbonyl (C=O) groups excluding carboxylic acids is 1. The Morgan fingerprint density at radius 2 is 1.80 bits per heavy atom. The third-order valence-corrected chi connectivity index (χ3v) is 5.39. The summed E-state index contributed by atoms with van der Waals surface area (Å²) >= 11 is 12.0. The van der Waals surface area contributed by atoms with Crippen LogP contribution in [-0.4, -0.2) is 29.8 Å². The van der Waals surface area contributed by atoms with Gasteiger partial charge in [0.1, 0.15) is 5.65 Å². The van der Waals surface area contributed by atoms with Crippen molar-refractivity contribution in [1.29, 1.82) is 0 Å². The molecule has 2 aromatic carbocycles. The molecule has 30 heavy (non-hydrogen) atoms. The zero-order valence-electron chi connectivity index (χ0n) is 16.1. The number of ether oxygens (including phenoxy) is 2. The van der Waals surface area contributed by atoms with Crippen molar-refractivity contribution in [3.63, 3.8) is 0 Å². The van der Waals surface area contributed by atoms with Gasteiger partial charge in [-0.2, -0.15) is 0 Å². The minimum Gasteiger partial charge on any atom is -0.493 e. The number of pyridine rings is 1. The summed E-state index contributed by atoms with van der Waals surface area (Å²) in [6.45, 7) is 0. The van der Waals surface area contributed by atoms with Gasteiger partial charge >= 0.3 is 6.03 Å². The summed E-state index contributed by atoms with van der Waals surface area (Å²) in [4.78, 5) is 17.4. The summed E-state index contributed by atoms with van der Waals surface area (Å²) < 4.78 is 12.2. The van der Waals surface area contributed by atoms with Gasteiger partial charge in [-0.1, -0.05) is 29.3 Å². The zero-order chi connectivity index (χ0) is 21.3. The highest BCUT2D eigenvalue weighted by molar-refractivity contribution is 6.42. The molecule has 0 spiro atoms. The number of carbonyl (C=O) groups is 1. The smallest absolute Gasteiger partial charge is 0.331 e. The first kappa shape index (κ1) is 20.1. The second-order valence-corrected chi connectivity index (χ2v) is 7.23. The summed E-state index contributed by atoms with van der Waals surface area (Å²) in [5.41, 5.74) is 2.76. The van der Waals surface area contributed by atoms with Crippen LogP contribution in [-0.2, 0) is 0 Å². The quantitative estimate of drug-likeness (QED) is 0.414. The number of nitrogens with zero attached hydrogens (tertiary/aromatic N) is 2. The van der Waals surface area contributed by atoms with E-state index in [-0.39, 0.29) is 6.03 Å². The number of amides is 1. The van der Waals surface area contributed by atoms with Crippen LogP contribution in [0.4, 0.5) is 10.5 Å². The number of fused-ring (bicyclic) bond motifs is 1. The van der Waals surface area contributed by atoms with Crippen LogP contribution in [0.15, 0.2) is 60.9 Å². The molecular formula is C22H17Cl2N3O3. The molecule has 0 aliphatic carbocycles. The van der Waals surface area contributed by atoms with Crippen molar-refractivity contribution in [3.8, 4) is 22.6 Å². The Hall–Kier alpha value is -3.22. The molecule has 0 radical (unpaired) electrons. The Balaban J connectivity index is 1.77. The molecule has 2 heterocycles. The number of anilines is 1. The van der Waals surface area contributed by atoms with Gasteiger partial charge in [0.2, 0.25) is 0 Å². The zero-order valence-corrected chi connectivity index (χ0v) is 17.7. The van der Waals surface area contributed by atoms with Gasteiger partial charge < -0.3 is 14.8 Å². The number of nitrogens with one attached hydrogen (secondary N) is 1. The van der Waals surface area contributed by atoms with Crippen molar-refractivity contribution in [2.45, 2.75) is 0 Å². The molecule has 0 aliphatic rings. The molecule has 1 amide bonds. The molecular weight excluding hydrogens is 425 g/mol. The molecule has 0 aliphatic heterocycles. The van der Waals surface area contributed by atoms with Crippen molar-refractivity contribution in [1.82, 2.24) is 9.55 Å². The fourth-order valence-electron chi connectivity index (χ4n) is 3.21. The number of rotatable bonds is 4. The van der Waals surface area contributed by atoms with E-state index in [9.17, 15) is 4.79 Å². The first-order valence-corrected chi connectivity index (χ1v) is 9.72. The maximum Gasteiger partial charge on any atom is 0.331 e. The second kappa shape index (κ2) is 8.26. The Labute approximate surface area is 183 Å². The normalized spacial score (nSPS) is 10.8. The number of benzene rings is 2. The average molecular weight is 442 g/mol. The van der Waals surface area contributed by atoms with E-state index in [4.69, 9.17) is 32.7 Å². The molecule has 0 saturated carbocycles. The molecule has 1 N–H and O–H groups in total. The molecule has 2 aromatic heterocycles. The molecule has 152 valence electrons. The predicted octanol–water partition coefficient (Wildman–Crippen LogP) is 6.11. The van der Waals surface area contributed by atoms with E-state index >= 15 is 0 Å². The molecule has 0 atom stereocenters. The van der Waals surface area contributed by atoms with Crippen molar-refractivity contribution < 1.29 is 14.3 Å². The fraction of sp³-hybridized carbons (Fsp3) is 0.0909. The molecule has 4 rings (SSSR count). The predicted molar refractivity (Wildman–Crippen MR) is 119 cm³/mol. The van der Waals surface area contributed by atoms with E-state index in [1.165, 1.54) is 4.57 Å². The highest BCUT2D eigenvalue weighted by Crippen LogP contribution is 2.36. The first-order chi connectivity index (χ1) is 14.5. The highest BCUT2D eigenvalue weighted by Gasteiger charge is 2.17. The van der Waals surface area contributed by atoms with Crippen LogP contribution in [0.3, 0.4) is 0 Å². The van der Waals surface area contributed by atoms with Gasteiger partial charge in [-0.25, -0.2) is 9.78 Å². The van der Waals surface area contributed by atoms with Gasteiger partial charge in [0.05, 0.1) is 24.3 Å². The van der Waals surface area contributed by atoms with Crippen LogP contribution >= 0.6 is 23.2 Å². The molecule has 4 aromatic rings. The number of hydrogen-bond donors (Lipinski definition) is 1. The maximum atomic E-state index is 13.0. The van der Waals surface area contributed by atoms with E-state index in [0.29, 0.717) is 32.9 Å². The van der Waals surface area contributed by atoms with Gasteiger partial charge in [0.15, 0.2) is 11.5 Å². The minimum absolute atomic E-state index is 0.357. The van der Waals surface area contributed by atoms with Gasteiger partial charge in [-0.05, 0) is 48.0 Å². The van der Waals surface area contributed by atoms with E-state index in [1.807, 2.05) is 30.3 Å². The van der Waals surface area contributed by atoms with E-state index in [1.54, 1.807) is 44.8 Å². The first-order valence-electron chi connectivity index (χ1n) is 8.96. The standard InChI is InChI=1S/C22H17Cl2N3O3/c1-29-19-8-5-13(10-20(19)30-2)16-12-27(21-15(16)4-3-9-25-21)22(28)26-14-6-7-17(23)18(24)11-14/h3-12H,1-2H3,(H,26,28). The Morgan fingerprint density at radius 1 is 1.00 bits per heavy atom. The summed E-state index contributed by atoms with van der Waals surface area (Å²) in [6.07, 6.45) is 3.38. The van der Waals surface area contributed by atoms with Gasteiger partial charge in [0, 0.05) is 29.0 Å². The monoisotopic (exact) mass is 441 g/mol. The SMILES string of the molecule is COc1ccc(-c2cn(C(=O)Nc3ccc(Cl)c(Cl)c3)c3ncccc23)cc1OC. The van der Waals surface area contributed by atoms with Crippen LogP contribution in [0.2, 0.25) is 10.0 Å². The van der Waals surface area contributed by atoms with Crippen LogP contribution in [0.1, 0.15) is 0 Å². The largest absolute Gasteiger partial charge is 0.493 e. The number of aromatic nitrogens is 2. The van der Waals surface area contributed by atoms with E-state index in [0.717, 1.165) is 16.5 Å². The Bertz CT molecular complexity index is 1250. The van der Waals surface area contributed by atoms with Crippen molar-refractivity contribution >= 4 is 46.0 Å². The molecule has 0 bridgehead atoms. The van der Waals surface area contributed by atoms with Crippen molar-refractivity contribution in [2.75, 3.05) is 19.5 Å². The molecule has 0 fully saturated rings. The van der Waals surface area contributed by atoms with E-state index in [2.05, 4.69) is 10.3 Å². The highest BCUT2D eigenvalue weighted by atomic mass is 35.5. The second-order valence-electron chi connectivity index (χ2n) is 6.42. The lowest BCUT2D eigenvalue weighted by atomic mass is 10.1. The van der Waals surface area contributed by atoms with Gasteiger partial charge in [0.25, 0.3) is 0 Å². The summed E-state index contributed by atoms with van der Waals surface area (Å²) in [5, 5.41) is 4.42. The van der Waals surface area contributed by atoms with Crippen LogP contribution in [0.25, 0.3) is 22.2 Å². The minimum atomic E-state index is -0.371. The maximum absolute atomic E-state index is 13.0. The van der Waals surface area contributed by atoms with Crippen LogP contribution < -0.4 is 14.8 Å². The lowest BCUT2D eigenvalue weighted by molar-refractivity contribution is 0.254. The Morgan fingerprint density at radius 3 is 2.53 bits per heavy atom. The van der Waals surface area contributed by atoms with Crippen molar-refractivity contribution in [3.05, 3.63) is 71.0 Å². The summed E-state index contributed by atoms with van der Waals surface area (Å²) in [7, 11) is 3.16. The third-order valence-electron chi connectivity index (χ3n) is 4.65. The summed E-state index contributed by atoms with van der Waals surface area (Å²) in [5.74, 6) is 1.22. The van der Waals surface area contributed by atoms with Crippen LogP contribution in [0, 0.1) is 0 Å². The number of hydrogen-bond acceptors (Lipinski definition) is 4. The van der Waals surface area contributed by atoms with Gasteiger partial charge in [-0.15, -0.1) is 0 Å². The van der Waals surface area contributed by atoms with Crippen molar-refractivity contribution in [2.24, 2.45) is 0 Å². The van der Waals surface area contributed by atoms with Crippen LogP contribution in [0.5, 0.6) is 11.5 Å². The third kappa shape index (κ3) is 3.67. The fourth-order valence-corrected chi connectivity index (χ4v) is 3.50. The van der Waals surface area contributed by atoms with Gasteiger partial charge in [-0.3, -0.25) is 4.57 Å². The topological polar surface area (TPSA) is 65.4 Å².